The number of carbonyl (C=O) groups is 1. The Morgan fingerprint density at radius 3 is 2.02 bits per heavy atom. The van der Waals surface area contributed by atoms with E-state index in [1.807, 2.05) is 85.8 Å². The van der Waals surface area contributed by atoms with Crippen molar-refractivity contribution in [2.45, 2.75) is 6.92 Å². The Labute approximate surface area is 235 Å². The third kappa shape index (κ3) is 5.34. The van der Waals surface area contributed by atoms with Crippen LogP contribution in [0, 0.1) is 6.92 Å². The van der Waals surface area contributed by atoms with E-state index in [0.717, 1.165) is 28.6 Å². The summed E-state index contributed by atoms with van der Waals surface area (Å²) in [5.74, 6) is 1.09. The molecule has 0 bridgehead atoms. The number of aliphatic imine (C=N–C) groups is 1. The first-order chi connectivity index (χ1) is 19.4. The second-order valence-electron chi connectivity index (χ2n) is 8.82. The number of methoxy groups -OCH3 is 2. The molecule has 1 aliphatic rings. The zero-order valence-electron chi connectivity index (χ0n) is 22.4. The lowest BCUT2D eigenvalue weighted by atomic mass is 10.2. The molecule has 40 heavy (non-hydrogen) atoms. The summed E-state index contributed by atoms with van der Waals surface area (Å²) < 4.78 is 13.8. The number of hydrogen-bond acceptors (Lipinski definition) is 7. The molecule has 5 rings (SSSR count). The molecule has 202 valence electrons. The maximum atomic E-state index is 13.5. The van der Waals surface area contributed by atoms with Crippen LogP contribution in [-0.4, -0.2) is 45.9 Å². The summed E-state index contributed by atoms with van der Waals surface area (Å²) in [6.07, 6.45) is 3.34. The molecule has 3 aromatic carbocycles. The van der Waals surface area contributed by atoms with Gasteiger partial charge in [-0.05, 0) is 84.4 Å². The molecule has 1 saturated heterocycles. The first-order valence-electron chi connectivity index (χ1n) is 12.4. The minimum atomic E-state index is -0.346. The Balaban J connectivity index is 1.57. The highest BCUT2D eigenvalue weighted by molar-refractivity contribution is 8.18. The molecule has 0 atom stereocenters. The van der Waals surface area contributed by atoms with Gasteiger partial charge in [0, 0.05) is 7.05 Å². The van der Waals surface area contributed by atoms with Gasteiger partial charge in [-0.25, -0.2) is 9.67 Å². The number of thioether (sulfide) groups is 1. The number of rotatable bonds is 7. The van der Waals surface area contributed by atoms with Crippen LogP contribution >= 0.6 is 11.8 Å². The van der Waals surface area contributed by atoms with E-state index in [1.165, 1.54) is 5.01 Å². The van der Waals surface area contributed by atoms with Gasteiger partial charge in [0.1, 0.15) is 11.5 Å². The Kier molecular flexibility index (Phi) is 7.70. The molecule has 0 N–H and O–H groups in total. The molecule has 1 fully saturated rings. The van der Waals surface area contributed by atoms with Crippen molar-refractivity contribution in [2.75, 3.05) is 14.2 Å². The van der Waals surface area contributed by atoms with Crippen molar-refractivity contribution >= 4 is 40.8 Å². The lowest BCUT2D eigenvalue weighted by Crippen LogP contribution is -2.24. The van der Waals surface area contributed by atoms with Gasteiger partial charge in [-0.2, -0.15) is 10.1 Å². The maximum Gasteiger partial charge on any atom is 0.297 e. The van der Waals surface area contributed by atoms with Crippen molar-refractivity contribution in [1.82, 2.24) is 14.4 Å². The molecule has 0 aliphatic carbocycles. The van der Waals surface area contributed by atoms with Crippen molar-refractivity contribution in [3.63, 3.8) is 0 Å². The summed E-state index contributed by atoms with van der Waals surface area (Å²) in [4.78, 5) is 32.1. The van der Waals surface area contributed by atoms with Gasteiger partial charge in [-0.15, -0.1) is 0 Å². The summed E-state index contributed by atoms with van der Waals surface area (Å²) in [7, 11) is 5.00. The number of nitrogens with zero attached hydrogens (tertiary/aromatic N) is 5. The van der Waals surface area contributed by atoms with E-state index >= 15 is 0 Å². The number of aromatic nitrogens is 2. The fourth-order valence-electron chi connectivity index (χ4n) is 4.08. The van der Waals surface area contributed by atoms with Crippen LogP contribution in [0.1, 0.15) is 16.8 Å². The topological polar surface area (TPSA) is 90.4 Å². The third-order valence-electron chi connectivity index (χ3n) is 6.37. The summed E-state index contributed by atoms with van der Waals surface area (Å²) in [6.45, 7) is 1.82. The number of amidine groups is 1. The Morgan fingerprint density at radius 2 is 1.43 bits per heavy atom. The summed E-state index contributed by atoms with van der Waals surface area (Å²) >= 11 is 1.16. The highest BCUT2D eigenvalue weighted by Crippen LogP contribution is 2.35. The van der Waals surface area contributed by atoms with E-state index in [9.17, 15) is 9.59 Å². The van der Waals surface area contributed by atoms with Gasteiger partial charge in [0.25, 0.3) is 11.5 Å². The highest BCUT2D eigenvalue weighted by atomic mass is 32.2. The average Bonchev–Trinajstić information content (AvgIpc) is 3.39. The van der Waals surface area contributed by atoms with Crippen LogP contribution in [0.2, 0.25) is 0 Å². The zero-order chi connectivity index (χ0) is 28.2. The van der Waals surface area contributed by atoms with Crippen molar-refractivity contribution in [3.05, 3.63) is 111 Å². The van der Waals surface area contributed by atoms with Gasteiger partial charge in [0.15, 0.2) is 10.9 Å². The molecule has 0 saturated carbocycles. The van der Waals surface area contributed by atoms with Gasteiger partial charge >= 0.3 is 0 Å². The zero-order valence-corrected chi connectivity index (χ0v) is 23.3. The Bertz CT molecular complexity index is 1690. The van der Waals surface area contributed by atoms with Crippen molar-refractivity contribution in [3.8, 4) is 17.2 Å². The normalized spacial score (nSPS) is 15.5. The fourth-order valence-corrected chi connectivity index (χ4v) is 5.00. The Hall–Kier alpha value is -4.83. The van der Waals surface area contributed by atoms with E-state index in [0.29, 0.717) is 22.0 Å². The van der Waals surface area contributed by atoms with E-state index in [-0.39, 0.29) is 22.3 Å². The largest absolute Gasteiger partial charge is 0.497 e. The van der Waals surface area contributed by atoms with Crippen molar-refractivity contribution in [1.29, 1.82) is 0 Å². The number of para-hydroxylation sites is 1. The second-order valence-corrected chi connectivity index (χ2v) is 9.83. The van der Waals surface area contributed by atoms with Crippen molar-refractivity contribution in [2.24, 2.45) is 17.1 Å². The number of benzene rings is 3. The van der Waals surface area contributed by atoms with Gasteiger partial charge in [0.05, 0.1) is 36.7 Å². The molecule has 10 heteroatoms. The Morgan fingerprint density at radius 1 is 0.825 bits per heavy atom. The van der Waals surface area contributed by atoms with E-state index in [4.69, 9.17) is 14.5 Å². The minimum absolute atomic E-state index is 0.233. The fraction of sp³-hybridized carbons (Fsp3) is 0.133. The second kappa shape index (κ2) is 11.5. The number of amides is 1. The quantitative estimate of drug-likeness (QED) is 0.234. The lowest BCUT2D eigenvalue weighted by Gasteiger charge is -2.08. The number of carbonyl (C=O) groups excluding carboxylic acids is 1. The van der Waals surface area contributed by atoms with Crippen molar-refractivity contribution < 1.29 is 14.3 Å². The predicted octanol–water partition coefficient (Wildman–Crippen LogP) is 5.14. The van der Waals surface area contributed by atoms with Gasteiger partial charge in [-0.3, -0.25) is 14.3 Å². The monoisotopic (exact) mass is 553 g/mol. The summed E-state index contributed by atoms with van der Waals surface area (Å²) in [5, 5.41) is 5.97. The van der Waals surface area contributed by atoms with Gasteiger partial charge in [-0.1, -0.05) is 30.3 Å². The summed E-state index contributed by atoms with van der Waals surface area (Å²) in [5.41, 5.74) is 2.90. The lowest BCUT2D eigenvalue weighted by molar-refractivity contribution is -0.122. The van der Waals surface area contributed by atoms with Crippen LogP contribution in [0.4, 0.5) is 5.69 Å². The maximum absolute atomic E-state index is 13.5. The first kappa shape index (κ1) is 26.8. The van der Waals surface area contributed by atoms with Crippen LogP contribution in [0.25, 0.3) is 11.8 Å². The first-order valence-corrected chi connectivity index (χ1v) is 13.2. The van der Waals surface area contributed by atoms with Gasteiger partial charge in [0.2, 0.25) is 0 Å². The van der Waals surface area contributed by atoms with E-state index < -0.39 is 0 Å². The molecule has 2 heterocycles. The molecular formula is C30H27N5O4S. The number of hydrazone groups is 1. The minimum Gasteiger partial charge on any atom is -0.497 e. The van der Waals surface area contributed by atoms with E-state index in [2.05, 4.69) is 5.10 Å². The van der Waals surface area contributed by atoms with Crippen LogP contribution in [0.3, 0.4) is 0 Å². The highest BCUT2D eigenvalue weighted by Gasteiger charge is 2.34. The van der Waals surface area contributed by atoms with Crippen LogP contribution in [0.15, 0.2) is 98.7 Å². The van der Waals surface area contributed by atoms with Gasteiger partial charge < -0.3 is 9.47 Å². The third-order valence-corrected chi connectivity index (χ3v) is 7.33. The van der Waals surface area contributed by atoms with Crippen LogP contribution in [0.5, 0.6) is 11.5 Å². The molecule has 1 aromatic heterocycles. The molecule has 1 amide bonds. The predicted molar refractivity (Wildman–Crippen MR) is 159 cm³/mol. The molecule has 9 nitrogen and oxygen atoms in total. The number of hydrogen-bond donors (Lipinski definition) is 0. The molecule has 0 radical (unpaired) electrons. The van der Waals surface area contributed by atoms with Crippen LogP contribution < -0.4 is 15.0 Å². The standard InChI is InChI=1S/C30H27N5O4S/c1-20-27(29(37)35(33(20)2)23-8-6-5-7-9-23)32-30-34(31-19-22-12-16-25(39-4)17-13-22)28(36)26(40-30)18-21-10-14-24(38-3)15-11-21/h5-19H,1-4H3. The summed E-state index contributed by atoms with van der Waals surface area (Å²) in [6, 6.07) is 24.0. The smallest absolute Gasteiger partial charge is 0.297 e. The molecule has 1 aliphatic heterocycles. The van der Waals surface area contributed by atoms with Crippen LogP contribution in [-0.2, 0) is 11.8 Å². The molecule has 0 spiro atoms. The average molecular weight is 554 g/mol. The molecular weight excluding hydrogens is 526 g/mol. The SMILES string of the molecule is COc1ccc(C=NN2C(=O)C(=Cc3ccc(OC)cc3)SC2=Nc2c(C)n(C)n(-c3ccccc3)c2=O)cc1. The van der Waals surface area contributed by atoms with E-state index in [1.54, 1.807) is 42.9 Å². The molecule has 0 unspecified atom stereocenters. The molecule has 4 aromatic rings. The number of ether oxygens (including phenoxy) is 2.